The molecule has 172 valence electrons. The predicted octanol–water partition coefficient (Wildman–Crippen LogP) is 3.32. The zero-order valence-corrected chi connectivity index (χ0v) is 20.9. The molecular weight excluding hydrogens is 444 g/mol. The van der Waals surface area contributed by atoms with E-state index in [4.69, 9.17) is 4.98 Å². The van der Waals surface area contributed by atoms with Crippen LogP contribution in [0.1, 0.15) is 49.7 Å². The molecule has 0 radical (unpaired) electrons. The number of aryl methyl sites for hydroxylation is 1. The van der Waals surface area contributed by atoms with Gasteiger partial charge in [0.15, 0.2) is 5.16 Å². The number of thiophene rings is 1. The summed E-state index contributed by atoms with van der Waals surface area (Å²) >= 11 is 3.07. The zero-order valence-electron chi connectivity index (χ0n) is 19.3. The van der Waals surface area contributed by atoms with E-state index in [0.717, 1.165) is 40.5 Å². The van der Waals surface area contributed by atoms with Crippen LogP contribution in [0, 0.1) is 11.8 Å². The largest absolute Gasteiger partial charge is 0.330 e. The molecule has 1 aliphatic carbocycles. The minimum atomic E-state index is -0.353. The van der Waals surface area contributed by atoms with E-state index >= 15 is 0 Å². The first kappa shape index (κ1) is 23.0. The third-order valence-corrected chi connectivity index (χ3v) is 8.44. The van der Waals surface area contributed by atoms with Gasteiger partial charge in [0.25, 0.3) is 11.1 Å². The lowest BCUT2D eigenvalue weighted by Gasteiger charge is -2.18. The number of thioether (sulfide) groups is 1. The molecule has 3 heterocycles. The lowest BCUT2D eigenvalue weighted by molar-refractivity contribution is 0.480. The van der Waals surface area contributed by atoms with Gasteiger partial charge >= 0.3 is 5.69 Å². The maximum absolute atomic E-state index is 13.6. The summed E-state index contributed by atoms with van der Waals surface area (Å²) in [6, 6.07) is 1.48. The Bertz CT molecular complexity index is 1350. The molecule has 3 aromatic rings. The Kier molecular flexibility index (Phi) is 6.49. The Balaban J connectivity index is 1.78. The van der Waals surface area contributed by atoms with Gasteiger partial charge in [-0.2, -0.15) is 0 Å². The molecule has 0 aliphatic heterocycles. The quantitative estimate of drug-likeness (QED) is 0.405. The van der Waals surface area contributed by atoms with Crippen LogP contribution in [-0.4, -0.2) is 18.7 Å². The average Bonchev–Trinajstić information content (AvgIpc) is 3.10. The van der Waals surface area contributed by atoms with Crippen LogP contribution in [0.4, 0.5) is 0 Å². The summed E-state index contributed by atoms with van der Waals surface area (Å²) in [6.45, 7) is 7.16. The minimum Gasteiger partial charge on any atom is -0.300 e. The van der Waals surface area contributed by atoms with Crippen molar-refractivity contribution in [1.29, 1.82) is 0 Å². The number of rotatable bonds is 6. The van der Waals surface area contributed by atoms with Crippen molar-refractivity contribution in [2.75, 3.05) is 0 Å². The van der Waals surface area contributed by atoms with Crippen LogP contribution < -0.4 is 16.8 Å². The highest BCUT2D eigenvalue weighted by Gasteiger charge is 2.25. The van der Waals surface area contributed by atoms with Crippen LogP contribution in [0.5, 0.6) is 0 Å². The third kappa shape index (κ3) is 4.24. The molecule has 0 bridgehead atoms. The van der Waals surface area contributed by atoms with Gasteiger partial charge in [0.1, 0.15) is 4.83 Å². The van der Waals surface area contributed by atoms with Gasteiger partial charge in [-0.1, -0.05) is 32.5 Å². The van der Waals surface area contributed by atoms with E-state index in [1.165, 1.54) is 39.9 Å². The van der Waals surface area contributed by atoms with Crippen molar-refractivity contribution in [3.8, 4) is 0 Å². The highest BCUT2D eigenvalue weighted by molar-refractivity contribution is 7.98. The summed E-state index contributed by atoms with van der Waals surface area (Å²) in [6.07, 6.45) is 3.95. The number of hydrogen-bond acceptors (Lipinski definition) is 6. The van der Waals surface area contributed by atoms with Crippen molar-refractivity contribution in [2.24, 2.45) is 25.9 Å². The van der Waals surface area contributed by atoms with Crippen molar-refractivity contribution in [3.05, 3.63) is 53.4 Å². The Hall–Kier alpha value is -2.13. The molecule has 0 saturated heterocycles. The van der Waals surface area contributed by atoms with Gasteiger partial charge in [0, 0.05) is 43.0 Å². The van der Waals surface area contributed by atoms with Crippen LogP contribution in [0.25, 0.3) is 10.2 Å². The fourth-order valence-electron chi connectivity index (χ4n) is 4.15. The van der Waals surface area contributed by atoms with E-state index in [1.807, 2.05) is 0 Å². The summed E-state index contributed by atoms with van der Waals surface area (Å²) in [7, 11) is 3.13. The predicted molar refractivity (Wildman–Crippen MR) is 131 cm³/mol. The highest BCUT2D eigenvalue weighted by Crippen LogP contribution is 2.36. The molecule has 0 saturated carbocycles. The number of nitrogens with zero attached hydrogens (tertiary/aromatic N) is 4. The van der Waals surface area contributed by atoms with Crippen LogP contribution in [0.3, 0.4) is 0 Å². The molecule has 1 aliphatic rings. The SMILES string of the molecule is CC(C)CCn1c(SCc2cc(=O)n(C)c(=O)n2C)nc2sc3c(c2c1=O)CCC(C)C3. The fourth-order valence-corrected chi connectivity index (χ4v) is 6.63. The first-order valence-corrected chi connectivity index (χ1v) is 12.9. The molecule has 7 nitrogen and oxygen atoms in total. The highest BCUT2D eigenvalue weighted by atomic mass is 32.2. The molecule has 32 heavy (non-hydrogen) atoms. The number of hydrogen-bond donors (Lipinski definition) is 0. The summed E-state index contributed by atoms with van der Waals surface area (Å²) in [5, 5.41) is 1.45. The second-order valence-electron chi connectivity index (χ2n) is 9.23. The van der Waals surface area contributed by atoms with E-state index in [2.05, 4.69) is 20.8 Å². The molecular formula is C23H30N4O3S2. The topological polar surface area (TPSA) is 78.9 Å². The standard InChI is InChI=1S/C23H30N4O3S2/c1-13(2)8-9-27-21(29)19-16-7-6-14(3)10-17(16)32-20(19)24-22(27)31-12-15-11-18(28)26(5)23(30)25(15)4/h11,13-14H,6-10,12H2,1-5H3. The Morgan fingerprint density at radius 2 is 1.97 bits per heavy atom. The smallest absolute Gasteiger partial charge is 0.300 e. The number of aromatic nitrogens is 4. The van der Waals surface area contributed by atoms with Crippen molar-refractivity contribution in [3.63, 3.8) is 0 Å². The first-order valence-electron chi connectivity index (χ1n) is 11.1. The second kappa shape index (κ2) is 9.02. The molecule has 4 rings (SSSR count). The van der Waals surface area contributed by atoms with Gasteiger partial charge in [0.05, 0.1) is 5.39 Å². The van der Waals surface area contributed by atoms with Gasteiger partial charge in [-0.15, -0.1) is 11.3 Å². The monoisotopic (exact) mass is 474 g/mol. The maximum Gasteiger partial charge on any atom is 0.330 e. The van der Waals surface area contributed by atoms with Crippen molar-refractivity contribution in [2.45, 2.75) is 63.9 Å². The Morgan fingerprint density at radius 3 is 2.69 bits per heavy atom. The molecule has 9 heteroatoms. The van der Waals surface area contributed by atoms with E-state index in [0.29, 0.717) is 35.0 Å². The van der Waals surface area contributed by atoms with Gasteiger partial charge in [-0.3, -0.25) is 23.3 Å². The van der Waals surface area contributed by atoms with Gasteiger partial charge < -0.3 is 0 Å². The molecule has 0 fully saturated rings. The van der Waals surface area contributed by atoms with Crippen LogP contribution in [0.2, 0.25) is 0 Å². The Morgan fingerprint density at radius 1 is 1.22 bits per heavy atom. The first-order chi connectivity index (χ1) is 15.2. The zero-order chi connectivity index (χ0) is 23.2. The molecule has 0 spiro atoms. The van der Waals surface area contributed by atoms with Crippen molar-refractivity contribution in [1.82, 2.24) is 18.7 Å². The van der Waals surface area contributed by atoms with Crippen LogP contribution in [-0.2, 0) is 39.2 Å². The summed E-state index contributed by atoms with van der Waals surface area (Å²) in [5.74, 6) is 1.49. The van der Waals surface area contributed by atoms with E-state index in [1.54, 1.807) is 23.0 Å². The number of fused-ring (bicyclic) bond motifs is 3. The average molecular weight is 475 g/mol. The Labute approximate surface area is 195 Å². The fraction of sp³-hybridized carbons (Fsp3) is 0.565. The molecule has 3 aromatic heterocycles. The normalized spacial score (nSPS) is 16.1. The summed E-state index contributed by atoms with van der Waals surface area (Å²) < 4.78 is 4.38. The van der Waals surface area contributed by atoms with E-state index in [9.17, 15) is 14.4 Å². The lowest BCUT2D eigenvalue weighted by Crippen LogP contribution is -2.37. The summed E-state index contributed by atoms with van der Waals surface area (Å²) in [5.41, 5.74) is 1.18. The maximum atomic E-state index is 13.6. The van der Waals surface area contributed by atoms with E-state index in [-0.39, 0.29) is 16.8 Å². The van der Waals surface area contributed by atoms with Gasteiger partial charge in [0.2, 0.25) is 0 Å². The molecule has 0 N–H and O–H groups in total. The lowest BCUT2D eigenvalue weighted by atomic mass is 9.89. The molecule has 1 atom stereocenters. The van der Waals surface area contributed by atoms with Gasteiger partial charge in [-0.05, 0) is 43.1 Å². The van der Waals surface area contributed by atoms with Crippen LogP contribution in [0.15, 0.2) is 25.6 Å². The van der Waals surface area contributed by atoms with Gasteiger partial charge in [-0.25, -0.2) is 9.78 Å². The summed E-state index contributed by atoms with van der Waals surface area (Å²) in [4.78, 5) is 45.0. The molecule has 0 aromatic carbocycles. The van der Waals surface area contributed by atoms with E-state index < -0.39 is 0 Å². The minimum absolute atomic E-state index is 0.0445. The second-order valence-corrected chi connectivity index (χ2v) is 11.3. The molecule has 0 amide bonds. The molecule has 1 unspecified atom stereocenters. The van der Waals surface area contributed by atoms with Crippen molar-refractivity contribution < 1.29 is 0 Å². The van der Waals surface area contributed by atoms with Crippen LogP contribution >= 0.6 is 23.1 Å². The van der Waals surface area contributed by atoms with Crippen molar-refractivity contribution >= 4 is 33.3 Å². The third-order valence-electron chi connectivity index (χ3n) is 6.28.